The molecule has 0 saturated heterocycles. The van der Waals surface area contributed by atoms with Crippen LogP contribution < -0.4 is 5.32 Å². The molecule has 0 saturated carbocycles. The van der Waals surface area contributed by atoms with Gasteiger partial charge in [0.15, 0.2) is 0 Å². The van der Waals surface area contributed by atoms with Crippen LogP contribution in [0, 0.1) is 0 Å². The van der Waals surface area contributed by atoms with Crippen LogP contribution in [0.1, 0.15) is 33.6 Å². The first-order valence-corrected chi connectivity index (χ1v) is 7.39. The minimum absolute atomic E-state index is 0.793. The average Bonchev–Trinajstić information content (AvgIpc) is 2.47. The van der Waals surface area contributed by atoms with Crippen molar-refractivity contribution in [1.29, 1.82) is 0 Å². The van der Waals surface area contributed by atoms with Crippen LogP contribution >= 0.6 is 0 Å². The number of anilines is 1. The molecule has 0 aliphatic heterocycles. The molecule has 0 atom stereocenters. The first-order chi connectivity index (χ1) is 10.2. The lowest BCUT2D eigenvalue weighted by molar-refractivity contribution is 0.959. The molecule has 1 N–H and O–H groups in total. The molecule has 110 valence electrons. The van der Waals surface area contributed by atoms with E-state index in [0.717, 1.165) is 36.1 Å². The highest BCUT2D eigenvalue weighted by molar-refractivity contribution is 5.88. The largest absolute Gasteiger partial charge is 0.366 e. The topological polar surface area (TPSA) is 37.8 Å². The van der Waals surface area contributed by atoms with Crippen molar-refractivity contribution in [2.45, 2.75) is 33.6 Å². The van der Waals surface area contributed by atoms with E-state index in [0.29, 0.717) is 0 Å². The van der Waals surface area contributed by atoms with E-state index in [9.17, 15) is 0 Å². The number of allylic oxidation sites excluding steroid dienone is 3. The molecule has 0 amide bonds. The highest BCUT2D eigenvalue weighted by atomic mass is 15.0. The maximum absolute atomic E-state index is 4.33. The number of rotatable bonds is 6. The monoisotopic (exact) mass is 281 g/mol. The van der Waals surface area contributed by atoms with Gasteiger partial charge >= 0.3 is 0 Å². The molecule has 1 aromatic carbocycles. The van der Waals surface area contributed by atoms with Crippen LogP contribution in [0.2, 0.25) is 0 Å². The van der Waals surface area contributed by atoms with Crippen LogP contribution in [0.15, 0.2) is 53.9 Å². The third-order valence-electron chi connectivity index (χ3n) is 3.35. The maximum Gasteiger partial charge on any atom is 0.137 e. The summed E-state index contributed by atoms with van der Waals surface area (Å²) in [6.07, 6.45) is 8.34. The van der Waals surface area contributed by atoms with Crippen molar-refractivity contribution in [3.05, 3.63) is 53.9 Å². The second kappa shape index (κ2) is 7.58. The summed E-state index contributed by atoms with van der Waals surface area (Å²) in [4.78, 5) is 8.60. The fourth-order valence-electron chi connectivity index (χ4n) is 2.16. The maximum atomic E-state index is 4.33. The van der Waals surface area contributed by atoms with Crippen molar-refractivity contribution < 1.29 is 0 Å². The van der Waals surface area contributed by atoms with Gasteiger partial charge in [-0.05, 0) is 45.7 Å². The fourth-order valence-corrected chi connectivity index (χ4v) is 2.16. The highest BCUT2D eigenvalue weighted by Crippen LogP contribution is 2.18. The van der Waals surface area contributed by atoms with Gasteiger partial charge in [0.2, 0.25) is 0 Å². The molecule has 0 unspecified atom stereocenters. The number of fused-ring (bicyclic) bond motifs is 1. The number of hydrogen-bond donors (Lipinski definition) is 1. The van der Waals surface area contributed by atoms with Gasteiger partial charge in [-0.2, -0.15) is 0 Å². The third kappa shape index (κ3) is 4.71. The Morgan fingerprint density at radius 1 is 1.10 bits per heavy atom. The van der Waals surface area contributed by atoms with Gasteiger partial charge in [0, 0.05) is 11.9 Å². The third-order valence-corrected chi connectivity index (χ3v) is 3.35. The van der Waals surface area contributed by atoms with Crippen molar-refractivity contribution >= 4 is 16.7 Å². The van der Waals surface area contributed by atoms with E-state index < -0.39 is 0 Å². The van der Waals surface area contributed by atoms with Crippen molar-refractivity contribution in [1.82, 2.24) is 9.97 Å². The number of hydrogen-bond acceptors (Lipinski definition) is 3. The van der Waals surface area contributed by atoms with E-state index in [-0.39, 0.29) is 0 Å². The van der Waals surface area contributed by atoms with Crippen molar-refractivity contribution in [2.75, 3.05) is 11.9 Å². The fraction of sp³-hybridized carbons (Fsp3) is 0.333. The molecule has 1 heterocycles. The Kier molecular flexibility index (Phi) is 5.50. The molecule has 0 radical (unpaired) electrons. The summed E-state index contributed by atoms with van der Waals surface area (Å²) in [6, 6.07) is 8.05. The lowest BCUT2D eigenvalue weighted by atomic mass is 10.1. The number of nitrogens with one attached hydrogen (secondary N) is 1. The molecule has 0 fully saturated rings. The van der Waals surface area contributed by atoms with E-state index in [4.69, 9.17) is 0 Å². The van der Waals surface area contributed by atoms with E-state index >= 15 is 0 Å². The van der Waals surface area contributed by atoms with Gasteiger partial charge in [-0.3, -0.25) is 0 Å². The second-order valence-corrected chi connectivity index (χ2v) is 5.49. The van der Waals surface area contributed by atoms with E-state index in [2.05, 4.69) is 48.2 Å². The predicted molar refractivity (Wildman–Crippen MR) is 90.4 cm³/mol. The molecule has 21 heavy (non-hydrogen) atoms. The van der Waals surface area contributed by atoms with Gasteiger partial charge < -0.3 is 5.32 Å². The van der Waals surface area contributed by atoms with Gasteiger partial charge in [0.05, 0.1) is 5.52 Å². The van der Waals surface area contributed by atoms with Crippen LogP contribution in [0.5, 0.6) is 0 Å². The smallest absolute Gasteiger partial charge is 0.137 e. The Labute approximate surface area is 126 Å². The number of nitrogens with zero attached hydrogens (tertiary/aromatic N) is 2. The Balaban J connectivity index is 1.94. The van der Waals surface area contributed by atoms with Crippen molar-refractivity contribution in [3.63, 3.8) is 0 Å². The van der Waals surface area contributed by atoms with Crippen LogP contribution in [0.25, 0.3) is 10.9 Å². The summed E-state index contributed by atoms with van der Waals surface area (Å²) in [5.74, 6) is 0.897. The van der Waals surface area contributed by atoms with E-state index in [1.807, 2.05) is 24.3 Å². The summed E-state index contributed by atoms with van der Waals surface area (Å²) in [5.41, 5.74) is 3.76. The van der Waals surface area contributed by atoms with Crippen LogP contribution in [-0.2, 0) is 0 Å². The zero-order valence-electron chi connectivity index (χ0n) is 13.1. The van der Waals surface area contributed by atoms with Crippen molar-refractivity contribution in [2.24, 2.45) is 0 Å². The average molecular weight is 281 g/mol. The van der Waals surface area contributed by atoms with Crippen LogP contribution in [0.3, 0.4) is 0 Å². The summed E-state index contributed by atoms with van der Waals surface area (Å²) < 4.78 is 0. The summed E-state index contributed by atoms with van der Waals surface area (Å²) in [6.45, 7) is 7.25. The van der Waals surface area contributed by atoms with Gasteiger partial charge in [-0.15, -0.1) is 0 Å². The number of para-hydroxylation sites is 1. The molecule has 0 bridgehead atoms. The molecule has 0 aliphatic carbocycles. The Hall–Kier alpha value is -2.16. The normalized spacial score (nSPS) is 11.5. The zero-order chi connectivity index (χ0) is 15.1. The standard InChI is InChI=1S/C18H23N3/c1-14(2)7-6-8-15(3)11-12-19-18-16-9-4-5-10-17(16)20-13-21-18/h4-5,7,9-11,13H,6,8,12H2,1-3H3,(H,19,20,21)/b15-11+. The van der Waals surface area contributed by atoms with Crippen LogP contribution in [0.4, 0.5) is 5.82 Å². The van der Waals surface area contributed by atoms with Gasteiger partial charge in [-0.1, -0.05) is 35.4 Å². The molecular weight excluding hydrogens is 258 g/mol. The predicted octanol–water partition coefficient (Wildman–Crippen LogP) is 4.73. The second-order valence-electron chi connectivity index (χ2n) is 5.49. The molecule has 2 aromatic rings. The SMILES string of the molecule is CC(C)=CCC/C(C)=C/CNc1ncnc2ccccc12. The molecule has 1 aromatic heterocycles. The van der Waals surface area contributed by atoms with Gasteiger partial charge in [-0.25, -0.2) is 9.97 Å². The lowest BCUT2D eigenvalue weighted by Gasteiger charge is -2.06. The Morgan fingerprint density at radius 3 is 2.71 bits per heavy atom. The highest BCUT2D eigenvalue weighted by Gasteiger charge is 2.00. The molecule has 2 rings (SSSR count). The summed E-state index contributed by atoms with van der Waals surface area (Å²) >= 11 is 0. The first kappa shape index (κ1) is 15.2. The Morgan fingerprint density at radius 2 is 1.90 bits per heavy atom. The molecule has 0 aliphatic rings. The minimum atomic E-state index is 0.793. The van der Waals surface area contributed by atoms with E-state index in [1.54, 1.807) is 6.33 Å². The van der Waals surface area contributed by atoms with Crippen molar-refractivity contribution in [3.8, 4) is 0 Å². The van der Waals surface area contributed by atoms with Gasteiger partial charge in [0.25, 0.3) is 0 Å². The minimum Gasteiger partial charge on any atom is -0.366 e. The number of benzene rings is 1. The first-order valence-electron chi connectivity index (χ1n) is 7.39. The number of aromatic nitrogens is 2. The summed E-state index contributed by atoms with van der Waals surface area (Å²) in [5, 5.41) is 4.44. The van der Waals surface area contributed by atoms with Crippen LogP contribution in [-0.4, -0.2) is 16.5 Å². The lowest BCUT2D eigenvalue weighted by Crippen LogP contribution is -2.02. The van der Waals surface area contributed by atoms with Gasteiger partial charge in [0.1, 0.15) is 12.1 Å². The molecule has 3 heteroatoms. The summed E-state index contributed by atoms with van der Waals surface area (Å²) in [7, 11) is 0. The zero-order valence-corrected chi connectivity index (χ0v) is 13.1. The quantitative estimate of drug-likeness (QED) is 0.777. The molecule has 0 spiro atoms. The Bertz CT molecular complexity index is 647. The molecular formula is C18H23N3. The molecule has 3 nitrogen and oxygen atoms in total. The van der Waals surface area contributed by atoms with E-state index in [1.165, 1.54) is 11.1 Å².